The molecule has 1 aromatic rings. The van der Waals surface area contributed by atoms with Crippen LogP contribution < -0.4 is 5.73 Å². The standard InChI is InChI=1S/C14H17NO4S/c1-19-12(16)7-14(4-5-14)8-20-9-2-3-10(13(17)18)11(15)6-9/h2-3,6H,4-5,7-8,15H2,1H3,(H,17,18). The molecule has 0 saturated heterocycles. The molecule has 1 aromatic carbocycles. The minimum absolute atomic E-state index is 0.0397. The second kappa shape index (κ2) is 5.75. The van der Waals surface area contributed by atoms with Gasteiger partial charge in [0.15, 0.2) is 0 Å². The molecule has 1 aliphatic rings. The van der Waals surface area contributed by atoms with Crippen molar-refractivity contribution in [2.24, 2.45) is 5.41 Å². The lowest BCUT2D eigenvalue weighted by Gasteiger charge is -2.13. The lowest BCUT2D eigenvalue weighted by Crippen LogP contribution is -2.13. The quantitative estimate of drug-likeness (QED) is 0.476. The summed E-state index contributed by atoms with van der Waals surface area (Å²) in [5.74, 6) is -0.388. The van der Waals surface area contributed by atoms with Crippen molar-refractivity contribution in [2.75, 3.05) is 18.6 Å². The van der Waals surface area contributed by atoms with Gasteiger partial charge in [0.2, 0.25) is 0 Å². The Hall–Kier alpha value is -1.69. The lowest BCUT2D eigenvalue weighted by atomic mass is 10.1. The highest BCUT2D eigenvalue weighted by Crippen LogP contribution is 2.52. The third-order valence-corrected chi connectivity index (χ3v) is 4.85. The van der Waals surface area contributed by atoms with Crippen molar-refractivity contribution in [2.45, 2.75) is 24.2 Å². The van der Waals surface area contributed by atoms with E-state index in [1.807, 2.05) is 0 Å². The molecule has 1 saturated carbocycles. The summed E-state index contributed by atoms with van der Waals surface area (Å²) in [7, 11) is 1.40. The zero-order chi connectivity index (χ0) is 14.8. The highest BCUT2D eigenvalue weighted by molar-refractivity contribution is 7.99. The Kier molecular flexibility index (Phi) is 4.23. The van der Waals surface area contributed by atoms with Gasteiger partial charge in [-0.2, -0.15) is 0 Å². The number of rotatable bonds is 6. The van der Waals surface area contributed by atoms with Crippen LogP contribution in [0.15, 0.2) is 23.1 Å². The Morgan fingerprint density at radius 3 is 2.65 bits per heavy atom. The summed E-state index contributed by atoms with van der Waals surface area (Å²) in [4.78, 5) is 23.1. The molecular weight excluding hydrogens is 278 g/mol. The fraction of sp³-hybridized carbons (Fsp3) is 0.429. The number of carboxylic acids is 1. The second-order valence-electron chi connectivity index (χ2n) is 5.10. The van der Waals surface area contributed by atoms with Gasteiger partial charge < -0.3 is 15.6 Å². The van der Waals surface area contributed by atoms with Crippen LogP contribution in [-0.4, -0.2) is 29.9 Å². The zero-order valence-corrected chi connectivity index (χ0v) is 12.0. The van der Waals surface area contributed by atoms with Crippen molar-refractivity contribution in [1.29, 1.82) is 0 Å². The predicted molar refractivity (Wildman–Crippen MR) is 76.8 cm³/mol. The number of methoxy groups -OCH3 is 1. The Bertz CT molecular complexity index is 540. The fourth-order valence-corrected chi connectivity index (χ4v) is 3.23. The number of ether oxygens (including phenoxy) is 1. The van der Waals surface area contributed by atoms with E-state index >= 15 is 0 Å². The molecule has 0 aromatic heterocycles. The van der Waals surface area contributed by atoms with Crippen LogP contribution in [0.25, 0.3) is 0 Å². The van der Waals surface area contributed by atoms with Crippen LogP contribution in [-0.2, 0) is 9.53 Å². The minimum Gasteiger partial charge on any atom is -0.478 e. The highest BCUT2D eigenvalue weighted by Gasteiger charge is 2.44. The maximum absolute atomic E-state index is 11.3. The average molecular weight is 295 g/mol. The van der Waals surface area contributed by atoms with Gasteiger partial charge in [-0.3, -0.25) is 4.79 Å². The van der Waals surface area contributed by atoms with Gasteiger partial charge in [-0.05, 0) is 36.5 Å². The van der Waals surface area contributed by atoms with Crippen molar-refractivity contribution in [1.82, 2.24) is 0 Å². The van der Waals surface area contributed by atoms with E-state index in [0.29, 0.717) is 6.42 Å². The molecule has 6 heteroatoms. The molecule has 0 heterocycles. The first-order valence-corrected chi connectivity index (χ1v) is 7.27. The van der Waals surface area contributed by atoms with Gasteiger partial charge in [-0.1, -0.05) is 0 Å². The molecular formula is C14H17NO4S. The van der Waals surface area contributed by atoms with E-state index in [0.717, 1.165) is 23.5 Å². The van der Waals surface area contributed by atoms with E-state index < -0.39 is 5.97 Å². The van der Waals surface area contributed by atoms with Gasteiger partial charge in [0.05, 0.1) is 19.1 Å². The van der Waals surface area contributed by atoms with Crippen LogP contribution in [0.1, 0.15) is 29.6 Å². The van der Waals surface area contributed by atoms with Gasteiger partial charge in [0, 0.05) is 16.3 Å². The first-order valence-electron chi connectivity index (χ1n) is 6.28. The number of carbonyl (C=O) groups is 2. The molecule has 0 atom stereocenters. The number of benzene rings is 1. The summed E-state index contributed by atoms with van der Waals surface area (Å²) >= 11 is 1.60. The summed E-state index contributed by atoms with van der Waals surface area (Å²) in [6, 6.07) is 4.93. The van der Waals surface area contributed by atoms with Crippen LogP contribution in [0.5, 0.6) is 0 Å². The number of carbonyl (C=O) groups excluding carboxylic acids is 1. The van der Waals surface area contributed by atoms with Crippen molar-refractivity contribution in [3.63, 3.8) is 0 Å². The van der Waals surface area contributed by atoms with Gasteiger partial charge in [-0.15, -0.1) is 11.8 Å². The number of esters is 1. The largest absolute Gasteiger partial charge is 0.478 e. The van der Waals surface area contributed by atoms with E-state index in [-0.39, 0.29) is 22.6 Å². The molecule has 0 spiro atoms. The van der Waals surface area contributed by atoms with E-state index in [1.54, 1.807) is 23.9 Å². The van der Waals surface area contributed by atoms with Crippen LogP contribution in [0, 0.1) is 5.41 Å². The Labute approximate surface area is 121 Å². The summed E-state index contributed by atoms with van der Waals surface area (Å²) in [5.41, 5.74) is 6.13. The van der Waals surface area contributed by atoms with E-state index in [1.165, 1.54) is 13.2 Å². The number of anilines is 1. The molecule has 20 heavy (non-hydrogen) atoms. The fourth-order valence-electron chi connectivity index (χ4n) is 1.99. The number of aromatic carboxylic acids is 1. The SMILES string of the molecule is COC(=O)CC1(CSc2ccc(C(=O)O)c(N)c2)CC1. The summed E-state index contributed by atoms with van der Waals surface area (Å²) in [6.07, 6.45) is 2.49. The molecule has 0 aliphatic heterocycles. The number of nitrogens with two attached hydrogens (primary N) is 1. The van der Waals surface area contributed by atoms with Crippen molar-refractivity contribution < 1.29 is 19.4 Å². The highest BCUT2D eigenvalue weighted by atomic mass is 32.2. The lowest BCUT2D eigenvalue weighted by molar-refractivity contribution is -0.141. The topological polar surface area (TPSA) is 89.6 Å². The second-order valence-corrected chi connectivity index (χ2v) is 6.14. The van der Waals surface area contributed by atoms with Crippen LogP contribution in [0.3, 0.4) is 0 Å². The molecule has 3 N–H and O–H groups in total. The number of hydrogen-bond acceptors (Lipinski definition) is 5. The Morgan fingerprint density at radius 2 is 2.15 bits per heavy atom. The molecule has 0 amide bonds. The normalized spacial score (nSPS) is 15.7. The molecule has 0 unspecified atom stereocenters. The number of carboxylic acid groups (broad SMARTS) is 1. The van der Waals surface area contributed by atoms with Crippen molar-refractivity contribution in [3.8, 4) is 0 Å². The smallest absolute Gasteiger partial charge is 0.337 e. The van der Waals surface area contributed by atoms with E-state index in [2.05, 4.69) is 0 Å². The molecule has 5 nitrogen and oxygen atoms in total. The maximum Gasteiger partial charge on any atom is 0.337 e. The van der Waals surface area contributed by atoms with Gasteiger partial charge in [0.1, 0.15) is 0 Å². The van der Waals surface area contributed by atoms with Crippen LogP contribution >= 0.6 is 11.8 Å². The van der Waals surface area contributed by atoms with Gasteiger partial charge in [0.25, 0.3) is 0 Å². The zero-order valence-electron chi connectivity index (χ0n) is 11.2. The molecule has 1 aliphatic carbocycles. The Morgan fingerprint density at radius 1 is 1.45 bits per heavy atom. The molecule has 108 valence electrons. The van der Waals surface area contributed by atoms with Crippen LogP contribution in [0.2, 0.25) is 0 Å². The maximum atomic E-state index is 11.3. The molecule has 0 bridgehead atoms. The van der Waals surface area contributed by atoms with Crippen molar-refractivity contribution in [3.05, 3.63) is 23.8 Å². The molecule has 0 radical (unpaired) electrons. The summed E-state index contributed by atoms with van der Waals surface area (Å²) in [5, 5.41) is 8.91. The minimum atomic E-state index is -1.02. The average Bonchev–Trinajstić information content (AvgIpc) is 3.16. The molecule has 2 rings (SSSR count). The third-order valence-electron chi connectivity index (χ3n) is 3.50. The number of hydrogen-bond donors (Lipinski definition) is 2. The van der Waals surface area contributed by atoms with Gasteiger partial charge in [-0.25, -0.2) is 4.79 Å². The first-order chi connectivity index (χ1) is 9.46. The third kappa shape index (κ3) is 3.45. The van der Waals surface area contributed by atoms with Crippen LogP contribution in [0.4, 0.5) is 5.69 Å². The van der Waals surface area contributed by atoms with E-state index in [9.17, 15) is 9.59 Å². The monoisotopic (exact) mass is 295 g/mol. The number of thioether (sulfide) groups is 1. The van der Waals surface area contributed by atoms with E-state index in [4.69, 9.17) is 15.6 Å². The number of nitrogen functional groups attached to an aromatic ring is 1. The van der Waals surface area contributed by atoms with Gasteiger partial charge >= 0.3 is 11.9 Å². The van der Waals surface area contributed by atoms with Crippen molar-refractivity contribution >= 4 is 29.4 Å². The summed E-state index contributed by atoms with van der Waals surface area (Å²) < 4.78 is 4.71. The molecule has 1 fully saturated rings. The first kappa shape index (κ1) is 14.7. The summed E-state index contributed by atoms with van der Waals surface area (Å²) in [6.45, 7) is 0. The predicted octanol–water partition coefficient (Wildman–Crippen LogP) is 2.40. The Balaban J connectivity index is 1.96.